The SMILES string of the molecule is OCc1sc(SCCC(F)=C(F)F)nc1C1CC1. The largest absolute Gasteiger partial charge is 0.391 e. The van der Waals surface area contributed by atoms with Gasteiger partial charge in [0.25, 0.3) is 0 Å². The molecule has 0 unspecified atom stereocenters. The van der Waals surface area contributed by atoms with E-state index < -0.39 is 11.9 Å². The Kier molecular flexibility index (Phi) is 4.69. The predicted molar refractivity (Wildman–Crippen MR) is 65.7 cm³/mol. The smallest absolute Gasteiger partial charge is 0.301 e. The van der Waals surface area contributed by atoms with Gasteiger partial charge in [0.15, 0.2) is 5.83 Å². The van der Waals surface area contributed by atoms with Crippen LogP contribution in [-0.2, 0) is 6.61 Å². The second-order valence-corrected chi connectivity index (χ2v) is 6.41. The first-order valence-electron chi connectivity index (χ1n) is 5.54. The molecule has 0 spiro atoms. The van der Waals surface area contributed by atoms with Crippen molar-refractivity contribution in [1.29, 1.82) is 0 Å². The normalized spacial score (nSPS) is 14.9. The van der Waals surface area contributed by atoms with Gasteiger partial charge in [-0.15, -0.1) is 11.3 Å². The first-order chi connectivity index (χ1) is 8.61. The van der Waals surface area contributed by atoms with Crippen LogP contribution in [0.5, 0.6) is 0 Å². The monoisotopic (exact) mass is 295 g/mol. The zero-order valence-electron chi connectivity index (χ0n) is 9.46. The van der Waals surface area contributed by atoms with Crippen LogP contribution in [0.25, 0.3) is 0 Å². The summed E-state index contributed by atoms with van der Waals surface area (Å²) in [4.78, 5) is 5.22. The highest BCUT2D eigenvalue weighted by Crippen LogP contribution is 2.44. The Labute approximate surface area is 111 Å². The van der Waals surface area contributed by atoms with E-state index in [1.807, 2.05) is 0 Å². The van der Waals surface area contributed by atoms with Crippen molar-refractivity contribution in [1.82, 2.24) is 4.98 Å². The van der Waals surface area contributed by atoms with Gasteiger partial charge in [-0.1, -0.05) is 11.8 Å². The number of hydrogen-bond acceptors (Lipinski definition) is 4. The number of halogens is 3. The molecule has 18 heavy (non-hydrogen) atoms. The Bertz CT molecular complexity index is 453. The number of aliphatic hydroxyl groups is 1. The van der Waals surface area contributed by atoms with E-state index in [1.165, 1.54) is 23.1 Å². The number of aromatic nitrogens is 1. The van der Waals surface area contributed by atoms with Gasteiger partial charge >= 0.3 is 6.08 Å². The number of hydrogen-bond donors (Lipinski definition) is 1. The lowest BCUT2D eigenvalue weighted by molar-refractivity contribution is 0.284. The summed E-state index contributed by atoms with van der Waals surface area (Å²) in [6.07, 6.45) is -0.361. The van der Waals surface area contributed by atoms with Crippen molar-refractivity contribution < 1.29 is 18.3 Å². The molecule has 1 heterocycles. The lowest BCUT2D eigenvalue weighted by Crippen LogP contribution is -1.87. The molecule has 100 valence electrons. The molecule has 0 aliphatic heterocycles. The summed E-state index contributed by atoms with van der Waals surface area (Å²) in [6, 6.07) is 0. The zero-order valence-corrected chi connectivity index (χ0v) is 11.1. The van der Waals surface area contributed by atoms with Gasteiger partial charge in [-0.25, -0.2) is 9.37 Å². The first-order valence-corrected chi connectivity index (χ1v) is 7.35. The molecule has 0 radical (unpaired) electrons. The van der Waals surface area contributed by atoms with Crippen molar-refractivity contribution in [2.45, 2.75) is 36.1 Å². The Morgan fingerprint density at radius 2 is 2.11 bits per heavy atom. The molecule has 1 aromatic rings. The molecule has 7 heteroatoms. The van der Waals surface area contributed by atoms with Gasteiger partial charge in [0.1, 0.15) is 4.34 Å². The van der Waals surface area contributed by atoms with Crippen LogP contribution in [0.2, 0.25) is 0 Å². The Balaban J connectivity index is 1.91. The summed E-state index contributed by atoms with van der Waals surface area (Å²) in [5.74, 6) is -0.687. The van der Waals surface area contributed by atoms with Gasteiger partial charge in [0.2, 0.25) is 0 Å². The average Bonchev–Trinajstić information content (AvgIpc) is 3.10. The molecule has 0 aromatic carbocycles. The van der Waals surface area contributed by atoms with Crippen molar-refractivity contribution >= 4 is 23.1 Å². The van der Waals surface area contributed by atoms with Gasteiger partial charge in [0, 0.05) is 18.1 Å². The van der Waals surface area contributed by atoms with Gasteiger partial charge in [-0.2, -0.15) is 8.78 Å². The zero-order chi connectivity index (χ0) is 13.1. The lowest BCUT2D eigenvalue weighted by atomic mass is 10.2. The van der Waals surface area contributed by atoms with E-state index in [0.717, 1.165) is 23.4 Å². The molecule has 1 fully saturated rings. The van der Waals surface area contributed by atoms with E-state index in [2.05, 4.69) is 4.98 Å². The summed E-state index contributed by atoms with van der Waals surface area (Å²) < 4.78 is 37.0. The molecule has 0 atom stereocenters. The minimum atomic E-state index is -2.25. The number of allylic oxidation sites excluding steroid dienone is 1. The van der Waals surface area contributed by atoms with E-state index in [-0.39, 0.29) is 18.8 Å². The standard InChI is InChI=1S/C11H12F3NOS2/c12-7(10(13)14)3-4-17-11-15-9(6-1-2-6)8(5-16)18-11/h6,16H,1-5H2. The van der Waals surface area contributed by atoms with Gasteiger partial charge in [-0.05, 0) is 12.8 Å². The van der Waals surface area contributed by atoms with E-state index in [4.69, 9.17) is 0 Å². The Morgan fingerprint density at radius 3 is 2.67 bits per heavy atom. The second-order valence-electron chi connectivity index (χ2n) is 3.98. The van der Waals surface area contributed by atoms with Crippen LogP contribution in [0.4, 0.5) is 13.2 Å². The highest BCUT2D eigenvalue weighted by atomic mass is 32.2. The van der Waals surface area contributed by atoms with Crippen LogP contribution in [0.15, 0.2) is 16.2 Å². The maximum Gasteiger partial charge on any atom is 0.301 e. The number of thiazole rings is 1. The maximum absolute atomic E-state index is 12.6. The second kappa shape index (κ2) is 6.08. The highest BCUT2D eigenvalue weighted by Gasteiger charge is 2.29. The van der Waals surface area contributed by atoms with Gasteiger partial charge in [0.05, 0.1) is 17.2 Å². The fourth-order valence-electron chi connectivity index (χ4n) is 1.51. The van der Waals surface area contributed by atoms with E-state index >= 15 is 0 Å². The minimum absolute atomic E-state index is 0.0442. The number of rotatable bonds is 6. The molecule has 0 bridgehead atoms. The Hall–Kier alpha value is -0.530. The molecule has 1 aliphatic rings. The first kappa shape index (κ1) is 13.9. The van der Waals surface area contributed by atoms with Crippen LogP contribution in [0.1, 0.15) is 35.8 Å². The molecule has 1 aromatic heterocycles. The molecule has 2 nitrogen and oxygen atoms in total. The number of aliphatic hydroxyl groups excluding tert-OH is 1. The number of thioether (sulfide) groups is 1. The van der Waals surface area contributed by atoms with Gasteiger partial charge < -0.3 is 5.11 Å². The van der Waals surface area contributed by atoms with Crippen molar-refractivity contribution in [3.63, 3.8) is 0 Å². The highest BCUT2D eigenvalue weighted by molar-refractivity contribution is 8.01. The molecule has 2 rings (SSSR count). The maximum atomic E-state index is 12.6. The lowest BCUT2D eigenvalue weighted by Gasteiger charge is -1.95. The van der Waals surface area contributed by atoms with Crippen molar-refractivity contribution in [3.05, 3.63) is 22.5 Å². The third-order valence-corrected chi connectivity index (χ3v) is 4.77. The molecule has 0 saturated heterocycles. The molecule has 0 amide bonds. The fraction of sp³-hybridized carbons (Fsp3) is 0.545. The average molecular weight is 295 g/mol. The van der Waals surface area contributed by atoms with E-state index in [0.29, 0.717) is 10.3 Å². The minimum Gasteiger partial charge on any atom is -0.391 e. The van der Waals surface area contributed by atoms with Crippen molar-refractivity contribution in [2.75, 3.05) is 5.75 Å². The summed E-state index contributed by atoms with van der Waals surface area (Å²) >= 11 is 2.61. The topological polar surface area (TPSA) is 33.1 Å². The third kappa shape index (κ3) is 3.49. The van der Waals surface area contributed by atoms with E-state index in [9.17, 15) is 18.3 Å². The van der Waals surface area contributed by atoms with E-state index in [1.54, 1.807) is 0 Å². The molecule has 1 saturated carbocycles. The summed E-state index contributed by atoms with van der Waals surface area (Å²) in [6.45, 7) is -0.0442. The molecule has 1 aliphatic carbocycles. The summed E-state index contributed by atoms with van der Waals surface area (Å²) in [7, 11) is 0. The van der Waals surface area contributed by atoms with Crippen molar-refractivity contribution in [3.8, 4) is 0 Å². The van der Waals surface area contributed by atoms with Crippen LogP contribution < -0.4 is 0 Å². The van der Waals surface area contributed by atoms with Crippen LogP contribution in [-0.4, -0.2) is 15.8 Å². The third-order valence-electron chi connectivity index (χ3n) is 2.57. The summed E-state index contributed by atoms with van der Waals surface area (Å²) in [5, 5.41) is 9.19. The fourth-order valence-corrected chi connectivity index (χ4v) is 3.66. The van der Waals surface area contributed by atoms with Gasteiger partial charge in [-0.3, -0.25) is 0 Å². The molecule has 1 N–H and O–H groups in total. The van der Waals surface area contributed by atoms with Crippen LogP contribution >= 0.6 is 23.1 Å². The molecular formula is C11H12F3NOS2. The number of nitrogens with zero attached hydrogens (tertiary/aromatic N) is 1. The predicted octanol–water partition coefficient (Wildman–Crippen LogP) is 4.07. The van der Waals surface area contributed by atoms with Crippen molar-refractivity contribution in [2.24, 2.45) is 0 Å². The quantitative estimate of drug-likeness (QED) is 0.803. The Morgan fingerprint density at radius 1 is 1.39 bits per heavy atom. The van der Waals surface area contributed by atoms with Crippen LogP contribution in [0.3, 0.4) is 0 Å². The van der Waals surface area contributed by atoms with Crippen LogP contribution in [0, 0.1) is 0 Å². The summed E-state index contributed by atoms with van der Waals surface area (Å²) in [5.41, 5.74) is 0.928. The molecular weight excluding hydrogens is 283 g/mol.